The fourth-order valence-corrected chi connectivity index (χ4v) is 2.92. The molecule has 0 aliphatic rings. The lowest BCUT2D eigenvalue weighted by atomic mass is 10.1. The fraction of sp³-hybridized carbons (Fsp3) is 0.278. The molecule has 1 unspecified atom stereocenters. The zero-order valence-electron chi connectivity index (χ0n) is 13.0. The van der Waals surface area contributed by atoms with Crippen LogP contribution in [0.4, 0.5) is 0 Å². The van der Waals surface area contributed by atoms with Gasteiger partial charge >= 0.3 is 0 Å². The van der Waals surface area contributed by atoms with Crippen molar-refractivity contribution in [3.63, 3.8) is 0 Å². The Morgan fingerprint density at radius 2 is 1.95 bits per heavy atom. The highest BCUT2D eigenvalue weighted by Crippen LogP contribution is 2.23. The van der Waals surface area contributed by atoms with Crippen molar-refractivity contribution in [2.24, 2.45) is 0 Å². The third kappa shape index (κ3) is 4.34. The first kappa shape index (κ1) is 16.6. The number of hydrogen-bond donors (Lipinski definition) is 1. The van der Waals surface area contributed by atoms with Crippen LogP contribution in [0.3, 0.4) is 0 Å². The monoisotopic (exact) mass is 361 g/mol. The highest BCUT2D eigenvalue weighted by molar-refractivity contribution is 9.10. The first-order valence-electron chi connectivity index (χ1n) is 7.21. The molecule has 116 valence electrons. The molecule has 4 heteroatoms. The highest BCUT2D eigenvalue weighted by Gasteiger charge is 2.12. The zero-order chi connectivity index (χ0) is 16.1. The van der Waals surface area contributed by atoms with Crippen molar-refractivity contribution in [1.29, 1.82) is 0 Å². The molecule has 0 saturated heterocycles. The molecule has 1 N–H and O–H groups in total. The van der Waals surface area contributed by atoms with Crippen LogP contribution in [-0.4, -0.2) is 12.5 Å². The molecule has 0 radical (unpaired) electrons. The molecule has 0 heterocycles. The average molecular weight is 362 g/mol. The Labute approximate surface area is 139 Å². The summed E-state index contributed by atoms with van der Waals surface area (Å²) in [5.41, 5.74) is 3.26. The number of aryl methyl sites for hydroxylation is 2. The summed E-state index contributed by atoms with van der Waals surface area (Å²) >= 11 is 3.50. The predicted octanol–water partition coefficient (Wildman–Crippen LogP) is 4.32. The fourth-order valence-electron chi connectivity index (χ4n) is 2.29. The van der Waals surface area contributed by atoms with E-state index in [0.29, 0.717) is 0 Å². The Bertz CT molecular complexity index is 670. The molecule has 2 aromatic carbocycles. The van der Waals surface area contributed by atoms with E-state index in [-0.39, 0.29) is 18.6 Å². The summed E-state index contributed by atoms with van der Waals surface area (Å²) < 4.78 is 6.58. The number of amides is 1. The summed E-state index contributed by atoms with van der Waals surface area (Å²) in [5, 5.41) is 2.94. The van der Waals surface area contributed by atoms with Crippen LogP contribution in [0.2, 0.25) is 0 Å². The van der Waals surface area contributed by atoms with Crippen molar-refractivity contribution in [2.45, 2.75) is 26.8 Å². The standard InChI is InChI=1S/C18H20BrNO2/c1-12-8-9-17(13(2)10-12)22-11-18(21)20-14(3)15-6-4-5-7-16(15)19/h4-10,14H,11H2,1-3H3,(H,20,21). The van der Waals surface area contributed by atoms with E-state index in [1.165, 1.54) is 5.56 Å². The van der Waals surface area contributed by atoms with Crippen LogP contribution in [0.25, 0.3) is 0 Å². The lowest BCUT2D eigenvalue weighted by Crippen LogP contribution is -2.31. The maximum atomic E-state index is 12.0. The number of carbonyl (C=O) groups is 1. The largest absolute Gasteiger partial charge is 0.484 e. The second kappa shape index (κ2) is 7.45. The van der Waals surface area contributed by atoms with Gasteiger partial charge in [0, 0.05) is 4.47 Å². The van der Waals surface area contributed by atoms with Crippen molar-refractivity contribution in [1.82, 2.24) is 5.32 Å². The molecule has 0 aromatic heterocycles. The highest BCUT2D eigenvalue weighted by atomic mass is 79.9. The minimum atomic E-state index is -0.136. The summed E-state index contributed by atoms with van der Waals surface area (Å²) in [6, 6.07) is 13.7. The quantitative estimate of drug-likeness (QED) is 0.860. The van der Waals surface area contributed by atoms with Crippen molar-refractivity contribution in [3.05, 3.63) is 63.6 Å². The minimum absolute atomic E-state index is 0.0126. The maximum absolute atomic E-state index is 12.0. The minimum Gasteiger partial charge on any atom is -0.484 e. The molecule has 0 aliphatic heterocycles. The molecule has 22 heavy (non-hydrogen) atoms. The van der Waals surface area contributed by atoms with Gasteiger partial charge in [-0.1, -0.05) is 51.8 Å². The van der Waals surface area contributed by atoms with E-state index in [1.54, 1.807) is 0 Å². The number of nitrogens with one attached hydrogen (secondary N) is 1. The Morgan fingerprint density at radius 3 is 2.64 bits per heavy atom. The molecular formula is C18H20BrNO2. The summed E-state index contributed by atoms with van der Waals surface area (Å²) in [6.07, 6.45) is 0. The van der Waals surface area contributed by atoms with E-state index >= 15 is 0 Å². The average Bonchev–Trinajstić information content (AvgIpc) is 2.46. The van der Waals surface area contributed by atoms with E-state index in [9.17, 15) is 4.79 Å². The molecule has 0 aliphatic carbocycles. The van der Waals surface area contributed by atoms with Crippen LogP contribution >= 0.6 is 15.9 Å². The molecule has 2 rings (SSSR count). The Kier molecular flexibility index (Phi) is 5.61. The van der Waals surface area contributed by atoms with Crippen LogP contribution in [0.1, 0.15) is 29.7 Å². The molecule has 2 aromatic rings. The van der Waals surface area contributed by atoms with Gasteiger partial charge in [0.15, 0.2) is 6.61 Å². The van der Waals surface area contributed by atoms with E-state index < -0.39 is 0 Å². The first-order chi connectivity index (χ1) is 10.5. The Hall–Kier alpha value is -1.81. The maximum Gasteiger partial charge on any atom is 0.258 e. The second-order valence-corrected chi connectivity index (χ2v) is 6.22. The molecule has 0 bridgehead atoms. The van der Waals surface area contributed by atoms with Crippen molar-refractivity contribution < 1.29 is 9.53 Å². The molecule has 1 amide bonds. The van der Waals surface area contributed by atoms with Crippen LogP contribution in [-0.2, 0) is 4.79 Å². The van der Waals surface area contributed by atoms with E-state index in [1.807, 2.05) is 63.2 Å². The first-order valence-corrected chi connectivity index (χ1v) is 8.00. The van der Waals surface area contributed by atoms with Gasteiger partial charge < -0.3 is 10.1 Å². The van der Waals surface area contributed by atoms with Gasteiger partial charge in [-0.15, -0.1) is 0 Å². The van der Waals surface area contributed by atoms with E-state index in [0.717, 1.165) is 21.3 Å². The number of rotatable bonds is 5. The van der Waals surface area contributed by atoms with E-state index in [2.05, 4.69) is 21.2 Å². The number of ether oxygens (including phenoxy) is 1. The van der Waals surface area contributed by atoms with Gasteiger partial charge in [0.2, 0.25) is 0 Å². The molecular weight excluding hydrogens is 342 g/mol. The van der Waals surface area contributed by atoms with Crippen molar-refractivity contribution in [2.75, 3.05) is 6.61 Å². The SMILES string of the molecule is Cc1ccc(OCC(=O)NC(C)c2ccccc2Br)c(C)c1. The van der Waals surface area contributed by atoms with Gasteiger partial charge in [-0.2, -0.15) is 0 Å². The normalized spacial score (nSPS) is 11.8. The second-order valence-electron chi connectivity index (χ2n) is 5.37. The molecule has 3 nitrogen and oxygen atoms in total. The van der Waals surface area contributed by atoms with Crippen LogP contribution in [0.15, 0.2) is 46.9 Å². The topological polar surface area (TPSA) is 38.3 Å². The summed E-state index contributed by atoms with van der Waals surface area (Å²) in [6.45, 7) is 5.97. The number of carbonyl (C=O) groups excluding carboxylic acids is 1. The molecule has 0 saturated carbocycles. The lowest BCUT2D eigenvalue weighted by molar-refractivity contribution is -0.123. The van der Waals surface area contributed by atoms with Crippen LogP contribution in [0, 0.1) is 13.8 Å². The van der Waals surface area contributed by atoms with Gasteiger partial charge in [-0.05, 0) is 44.0 Å². The lowest BCUT2D eigenvalue weighted by Gasteiger charge is -2.16. The van der Waals surface area contributed by atoms with Gasteiger partial charge in [-0.3, -0.25) is 4.79 Å². The Morgan fingerprint density at radius 1 is 1.23 bits per heavy atom. The summed E-state index contributed by atoms with van der Waals surface area (Å²) in [7, 11) is 0. The third-order valence-electron chi connectivity index (χ3n) is 3.44. The number of benzene rings is 2. The van der Waals surface area contributed by atoms with Gasteiger partial charge in [0.05, 0.1) is 6.04 Å². The summed E-state index contributed by atoms with van der Waals surface area (Å²) in [4.78, 5) is 12.0. The van der Waals surface area contributed by atoms with Gasteiger partial charge in [-0.25, -0.2) is 0 Å². The predicted molar refractivity (Wildman–Crippen MR) is 92.1 cm³/mol. The van der Waals surface area contributed by atoms with Gasteiger partial charge in [0.1, 0.15) is 5.75 Å². The van der Waals surface area contributed by atoms with Crippen LogP contribution in [0.5, 0.6) is 5.75 Å². The van der Waals surface area contributed by atoms with Crippen molar-refractivity contribution in [3.8, 4) is 5.75 Å². The smallest absolute Gasteiger partial charge is 0.258 e. The number of hydrogen-bond acceptors (Lipinski definition) is 2. The number of halogens is 1. The van der Waals surface area contributed by atoms with Crippen LogP contribution < -0.4 is 10.1 Å². The third-order valence-corrected chi connectivity index (χ3v) is 4.16. The molecule has 1 atom stereocenters. The molecule has 0 spiro atoms. The Balaban J connectivity index is 1.92. The van der Waals surface area contributed by atoms with Crippen molar-refractivity contribution >= 4 is 21.8 Å². The molecule has 0 fully saturated rings. The summed E-state index contributed by atoms with van der Waals surface area (Å²) in [5.74, 6) is 0.609. The van der Waals surface area contributed by atoms with E-state index in [4.69, 9.17) is 4.74 Å². The van der Waals surface area contributed by atoms with Gasteiger partial charge in [0.25, 0.3) is 5.91 Å². The zero-order valence-corrected chi connectivity index (χ0v) is 14.6.